The largest absolute Gasteiger partial charge is 0.438 e. The Balaban J connectivity index is 2.06. The van der Waals surface area contributed by atoms with Gasteiger partial charge in [0.25, 0.3) is 0 Å². The second-order valence-electron chi connectivity index (χ2n) is 4.20. The molecular formula is C15H11BrN2O. The molecule has 3 rings (SSSR count). The van der Waals surface area contributed by atoms with E-state index in [1.165, 1.54) is 0 Å². The fourth-order valence-electron chi connectivity index (χ4n) is 1.90. The minimum atomic E-state index is 0.611. The molecule has 0 spiro atoms. The maximum Gasteiger partial charge on any atom is 0.222 e. The lowest BCUT2D eigenvalue weighted by Crippen LogP contribution is -1.92. The highest BCUT2D eigenvalue weighted by Crippen LogP contribution is 2.30. The zero-order valence-corrected chi connectivity index (χ0v) is 11.9. The van der Waals surface area contributed by atoms with E-state index in [1.54, 1.807) is 12.4 Å². The number of rotatable bonds is 2. The molecular weight excluding hydrogens is 304 g/mol. The second kappa shape index (κ2) is 4.97. The summed E-state index contributed by atoms with van der Waals surface area (Å²) in [6, 6.07) is 11.7. The van der Waals surface area contributed by atoms with Gasteiger partial charge in [0.1, 0.15) is 5.75 Å². The summed E-state index contributed by atoms with van der Waals surface area (Å²) in [6.07, 6.45) is 3.50. The van der Waals surface area contributed by atoms with Crippen molar-refractivity contribution in [3.63, 3.8) is 0 Å². The van der Waals surface area contributed by atoms with Gasteiger partial charge in [-0.3, -0.25) is 4.98 Å². The Morgan fingerprint density at radius 3 is 2.84 bits per heavy atom. The van der Waals surface area contributed by atoms with Gasteiger partial charge in [-0.15, -0.1) is 0 Å². The van der Waals surface area contributed by atoms with Crippen molar-refractivity contribution in [3.8, 4) is 11.6 Å². The van der Waals surface area contributed by atoms with Gasteiger partial charge in [-0.1, -0.05) is 6.07 Å². The SMILES string of the molecule is Cc1cc(Br)cnc1Oc1cccc2ncccc12. The van der Waals surface area contributed by atoms with E-state index in [-0.39, 0.29) is 0 Å². The average Bonchev–Trinajstić information content (AvgIpc) is 2.42. The van der Waals surface area contributed by atoms with Gasteiger partial charge in [0, 0.05) is 27.8 Å². The monoisotopic (exact) mass is 314 g/mol. The van der Waals surface area contributed by atoms with Crippen LogP contribution in [0.2, 0.25) is 0 Å². The van der Waals surface area contributed by atoms with Crippen molar-refractivity contribution in [3.05, 3.63) is 58.8 Å². The minimum absolute atomic E-state index is 0.611. The molecule has 0 unspecified atom stereocenters. The van der Waals surface area contributed by atoms with Gasteiger partial charge in [0.15, 0.2) is 0 Å². The Hall–Kier alpha value is -1.94. The van der Waals surface area contributed by atoms with Crippen LogP contribution in [0.25, 0.3) is 10.9 Å². The number of ether oxygens (including phenoxy) is 1. The highest BCUT2D eigenvalue weighted by atomic mass is 79.9. The Labute approximate surface area is 119 Å². The molecule has 0 aliphatic heterocycles. The number of fused-ring (bicyclic) bond motifs is 1. The third kappa shape index (κ3) is 2.44. The number of aryl methyl sites for hydroxylation is 1. The van der Waals surface area contributed by atoms with E-state index in [9.17, 15) is 0 Å². The van der Waals surface area contributed by atoms with Crippen molar-refractivity contribution in [2.24, 2.45) is 0 Å². The highest BCUT2D eigenvalue weighted by Gasteiger charge is 2.07. The standard InChI is InChI=1S/C15H11BrN2O/c1-10-8-11(16)9-18-15(10)19-14-6-2-5-13-12(14)4-3-7-17-13/h2-9H,1H3. The van der Waals surface area contributed by atoms with Gasteiger partial charge in [-0.2, -0.15) is 0 Å². The smallest absolute Gasteiger partial charge is 0.222 e. The minimum Gasteiger partial charge on any atom is -0.438 e. The molecule has 94 valence electrons. The van der Waals surface area contributed by atoms with Gasteiger partial charge in [-0.25, -0.2) is 4.98 Å². The van der Waals surface area contributed by atoms with Crippen molar-refractivity contribution in [2.45, 2.75) is 6.92 Å². The molecule has 0 aliphatic carbocycles. The van der Waals surface area contributed by atoms with Crippen molar-refractivity contribution >= 4 is 26.8 Å². The fraction of sp³-hybridized carbons (Fsp3) is 0.0667. The summed E-state index contributed by atoms with van der Waals surface area (Å²) in [5.74, 6) is 1.38. The Morgan fingerprint density at radius 2 is 2.00 bits per heavy atom. The van der Waals surface area contributed by atoms with E-state index >= 15 is 0 Å². The summed E-state index contributed by atoms with van der Waals surface area (Å²) in [7, 11) is 0. The van der Waals surface area contributed by atoms with Crippen LogP contribution in [0.5, 0.6) is 11.6 Å². The summed E-state index contributed by atoms with van der Waals surface area (Å²) in [5.41, 5.74) is 1.89. The van der Waals surface area contributed by atoms with E-state index in [0.29, 0.717) is 5.88 Å². The summed E-state index contributed by atoms with van der Waals surface area (Å²) < 4.78 is 6.85. The van der Waals surface area contributed by atoms with Crippen LogP contribution in [-0.4, -0.2) is 9.97 Å². The maximum atomic E-state index is 5.91. The van der Waals surface area contributed by atoms with E-state index < -0.39 is 0 Å². The summed E-state index contributed by atoms with van der Waals surface area (Å²) in [4.78, 5) is 8.60. The molecule has 3 aromatic rings. The van der Waals surface area contributed by atoms with Crippen LogP contribution >= 0.6 is 15.9 Å². The number of pyridine rings is 2. The molecule has 1 aromatic carbocycles. The molecule has 0 amide bonds. The molecule has 0 bridgehead atoms. The van der Waals surface area contributed by atoms with Gasteiger partial charge >= 0.3 is 0 Å². The lowest BCUT2D eigenvalue weighted by molar-refractivity contribution is 0.464. The number of halogens is 1. The van der Waals surface area contributed by atoms with Crippen molar-refractivity contribution in [1.82, 2.24) is 9.97 Å². The molecule has 0 aliphatic rings. The average molecular weight is 315 g/mol. The van der Waals surface area contributed by atoms with Gasteiger partial charge in [0.2, 0.25) is 5.88 Å². The lowest BCUT2D eigenvalue weighted by Gasteiger charge is -2.09. The van der Waals surface area contributed by atoms with E-state index in [1.807, 2.05) is 43.3 Å². The zero-order valence-electron chi connectivity index (χ0n) is 10.3. The number of hydrogen-bond acceptors (Lipinski definition) is 3. The van der Waals surface area contributed by atoms with E-state index in [2.05, 4.69) is 25.9 Å². The molecule has 0 radical (unpaired) electrons. The zero-order chi connectivity index (χ0) is 13.2. The first-order valence-electron chi connectivity index (χ1n) is 5.88. The van der Waals surface area contributed by atoms with Gasteiger partial charge < -0.3 is 4.74 Å². The van der Waals surface area contributed by atoms with Crippen LogP contribution in [0.3, 0.4) is 0 Å². The third-order valence-electron chi connectivity index (χ3n) is 2.81. The van der Waals surface area contributed by atoms with Crippen molar-refractivity contribution in [2.75, 3.05) is 0 Å². The molecule has 0 fully saturated rings. The van der Waals surface area contributed by atoms with Crippen LogP contribution < -0.4 is 4.74 Å². The van der Waals surface area contributed by atoms with Crippen LogP contribution in [0.15, 0.2) is 53.3 Å². The van der Waals surface area contributed by atoms with Crippen LogP contribution in [0.1, 0.15) is 5.56 Å². The first-order chi connectivity index (χ1) is 9.24. The van der Waals surface area contributed by atoms with Crippen LogP contribution in [-0.2, 0) is 0 Å². The van der Waals surface area contributed by atoms with Crippen molar-refractivity contribution in [1.29, 1.82) is 0 Å². The predicted octanol–water partition coefficient (Wildman–Crippen LogP) is 4.49. The Bertz CT molecular complexity index is 738. The number of hydrogen-bond donors (Lipinski definition) is 0. The Morgan fingerprint density at radius 1 is 1.11 bits per heavy atom. The number of benzene rings is 1. The number of nitrogens with zero attached hydrogens (tertiary/aromatic N) is 2. The van der Waals surface area contributed by atoms with Crippen LogP contribution in [0.4, 0.5) is 0 Å². The topological polar surface area (TPSA) is 35.0 Å². The second-order valence-corrected chi connectivity index (χ2v) is 5.12. The van der Waals surface area contributed by atoms with E-state index in [4.69, 9.17) is 4.74 Å². The van der Waals surface area contributed by atoms with Gasteiger partial charge in [-0.05, 0) is 53.2 Å². The molecule has 4 heteroatoms. The normalized spacial score (nSPS) is 10.6. The fourth-order valence-corrected chi connectivity index (χ4v) is 2.35. The number of aromatic nitrogens is 2. The molecule has 0 saturated carbocycles. The first-order valence-corrected chi connectivity index (χ1v) is 6.67. The quantitative estimate of drug-likeness (QED) is 0.699. The summed E-state index contributed by atoms with van der Waals surface area (Å²) in [6.45, 7) is 1.97. The molecule has 3 nitrogen and oxygen atoms in total. The molecule has 0 N–H and O–H groups in total. The predicted molar refractivity (Wildman–Crippen MR) is 78.5 cm³/mol. The Kier molecular flexibility index (Phi) is 3.17. The summed E-state index contributed by atoms with van der Waals surface area (Å²) >= 11 is 3.39. The molecule has 2 aromatic heterocycles. The maximum absolute atomic E-state index is 5.91. The first kappa shape index (κ1) is 12.1. The third-order valence-corrected chi connectivity index (χ3v) is 3.24. The summed E-state index contributed by atoms with van der Waals surface area (Å²) in [5, 5.41) is 0.981. The van der Waals surface area contributed by atoms with Crippen LogP contribution in [0, 0.1) is 6.92 Å². The van der Waals surface area contributed by atoms with Gasteiger partial charge in [0.05, 0.1) is 5.52 Å². The molecule has 0 atom stereocenters. The highest BCUT2D eigenvalue weighted by molar-refractivity contribution is 9.10. The van der Waals surface area contributed by atoms with E-state index in [0.717, 1.165) is 26.7 Å². The molecule has 2 heterocycles. The molecule has 19 heavy (non-hydrogen) atoms. The lowest BCUT2D eigenvalue weighted by atomic mass is 10.2. The molecule has 0 saturated heterocycles. The van der Waals surface area contributed by atoms with Crippen molar-refractivity contribution < 1.29 is 4.74 Å².